The minimum absolute atomic E-state index is 0.0490. The number of aryl methyl sites for hydroxylation is 2. The Hall–Kier alpha value is -4.26. The van der Waals surface area contributed by atoms with Crippen molar-refractivity contribution in [3.05, 3.63) is 110 Å². The SMILES string of the molecule is COC(=O)c1ccc(C2c3c(oc4cc(C)c(C)cc4c3=O)C(=O)N2c2ccc(F)cc2)cc1. The Kier molecular flexibility index (Phi) is 5.05. The Bertz CT molecular complexity index is 1520. The summed E-state index contributed by atoms with van der Waals surface area (Å²) >= 11 is 0. The number of anilines is 1. The molecule has 7 heteroatoms. The molecule has 0 saturated heterocycles. The van der Waals surface area contributed by atoms with Crippen molar-refractivity contribution < 1.29 is 23.1 Å². The molecule has 1 atom stereocenters. The molecule has 0 saturated carbocycles. The molecule has 6 nitrogen and oxygen atoms in total. The summed E-state index contributed by atoms with van der Waals surface area (Å²) in [6, 6.07) is 14.6. The van der Waals surface area contributed by atoms with Gasteiger partial charge in [-0.2, -0.15) is 0 Å². The number of esters is 1. The lowest BCUT2D eigenvalue weighted by Gasteiger charge is -2.25. The van der Waals surface area contributed by atoms with E-state index in [1.54, 1.807) is 36.4 Å². The van der Waals surface area contributed by atoms with Crippen LogP contribution in [-0.2, 0) is 4.74 Å². The fourth-order valence-corrected chi connectivity index (χ4v) is 4.33. The first kappa shape index (κ1) is 21.6. The molecule has 1 aromatic heterocycles. The van der Waals surface area contributed by atoms with E-state index in [0.29, 0.717) is 27.8 Å². The predicted octanol–water partition coefficient (Wildman–Crippen LogP) is 5.09. The highest BCUT2D eigenvalue weighted by Crippen LogP contribution is 2.41. The Balaban J connectivity index is 1.77. The van der Waals surface area contributed by atoms with Gasteiger partial charge in [-0.25, -0.2) is 9.18 Å². The monoisotopic (exact) mass is 457 g/mol. The number of hydrogen-bond donors (Lipinski definition) is 0. The van der Waals surface area contributed by atoms with Gasteiger partial charge in [0.15, 0.2) is 5.43 Å². The molecule has 0 bridgehead atoms. The maximum atomic E-state index is 13.7. The van der Waals surface area contributed by atoms with Crippen LogP contribution in [-0.4, -0.2) is 19.0 Å². The lowest BCUT2D eigenvalue weighted by Crippen LogP contribution is -2.29. The van der Waals surface area contributed by atoms with Crippen molar-refractivity contribution in [3.63, 3.8) is 0 Å². The summed E-state index contributed by atoms with van der Waals surface area (Å²) in [6.07, 6.45) is 0. The first-order valence-electron chi connectivity index (χ1n) is 10.7. The van der Waals surface area contributed by atoms with Crippen LogP contribution in [0.2, 0.25) is 0 Å². The smallest absolute Gasteiger partial charge is 0.337 e. The van der Waals surface area contributed by atoms with Crippen molar-refractivity contribution in [2.24, 2.45) is 0 Å². The molecule has 34 heavy (non-hydrogen) atoms. The van der Waals surface area contributed by atoms with Crippen LogP contribution in [0.15, 0.2) is 69.9 Å². The average Bonchev–Trinajstić information content (AvgIpc) is 3.13. The molecule has 1 unspecified atom stereocenters. The number of hydrogen-bond acceptors (Lipinski definition) is 5. The summed E-state index contributed by atoms with van der Waals surface area (Å²) in [5, 5.41) is 0.381. The third-order valence-electron chi connectivity index (χ3n) is 6.24. The van der Waals surface area contributed by atoms with Crippen LogP contribution in [0.3, 0.4) is 0 Å². The first-order chi connectivity index (χ1) is 16.3. The van der Waals surface area contributed by atoms with Crippen molar-refractivity contribution in [1.29, 1.82) is 0 Å². The fourth-order valence-electron chi connectivity index (χ4n) is 4.33. The number of benzene rings is 3. The molecule has 0 radical (unpaired) electrons. The molecule has 5 rings (SSSR count). The number of rotatable bonds is 3. The maximum Gasteiger partial charge on any atom is 0.337 e. The highest BCUT2D eigenvalue weighted by Gasteiger charge is 2.43. The van der Waals surface area contributed by atoms with Gasteiger partial charge < -0.3 is 9.15 Å². The third-order valence-corrected chi connectivity index (χ3v) is 6.24. The normalized spacial score (nSPS) is 15.0. The Morgan fingerprint density at radius 1 is 0.971 bits per heavy atom. The summed E-state index contributed by atoms with van der Waals surface area (Å²) in [6.45, 7) is 3.81. The van der Waals surface area contributed by atoms with Crippen molar-refractivity contribution in [1.82, 2.24) is 0 Å². The summed E-state index contributed by atoms with van der Waals surface area (Å²) in [5.74, 6) is -1.49. The molecule has 2 heterocycles. The average molecular weight is 457 g/mol. The second kappa shape index (κ2) is 7.95. The quantitative estimate of drug-likeness (QED) is 0.401. The second-order valence-electron chi connectivity index (χ2n) is 8.27. The number of carbonyl (C=O) groups excluding carboxylic acids is 2. The van der Waals surface area contributed by atoms with E-state index in [1.165, 1.54) is 36.3 Å². The van der Waals surface area contributed by atoms with E-state index >= 15 is 0 Å². The fraction of sp³-hybridized carbons (Fsp3) is 0.148. The summed E-state index contributed by atoms with van der Waals surface area (Å²) in [4.78, 5) is 40.6. The third kappa shape index (κ3) is 3.28. The van der Waals surface area contributed by atoms with E-state index in [9.17, 15) is 18.8 Å². The highest BCUT2D eigenvalue weighted by molar-refractivity contribution is 6.10. The Labute approximate surface area is 194 Å². The number of amides is 1. The van der Waals surface area contributed by atoms with Gasteiger partial charge in [-0.05, 0) is 79.1 Å². The molecule has 1 aliphatic heterocycles. The molecule has 170 valence electrons. The van der Waals surface area contributed by atoms with E-state index < -0.39 is 23.7 Å². The summed E-state index contributed by atoms with van der Waals surface area (Å²) in [7, 11) is 1.29. The van der Waals surface area contributed by atoms with Crippen LogP contribution in [0.4, 0.5) is 10.1 Å². The van der Waals surface area contributed by atoms with Gasteiger partial charge in [0.2, 0.25) is 5.76 Å². The van der Waals surface area contributed by atoms with Crippen molar-refractivity contribution in [2.75, 3.05) is 12.0 Å². The van der Waals surface area contributed by atoms with Crippen molar-refractivity contribution >= 4 is 28.5 Å². The van der Waals surface area contributed by atoms with E-state index in [2.05, 4.69) is 0 Å². The molecule has 3 aromatic carbocycles. The molecule has 0 fully saturated rings. The molecular weight excluding hydrogens is 437 g/mol. The lowest BCUT2D eigenvalue weighted by atomic mass is 9.96. The number of halogens is 1. The Morgan fingerprint density at radius 3 is 2.26 bits per heavy atom. The molecule has 0 spiro atoms. The van der Waals surface area contributed by atoms with Gasteiger partial charge >= 0.3 is 5.97 Å². The topological polar surface area (TPSA) is 76.8 Å². The van der Waals surface area contributed by atoms with Crippen LogP contribution in [0, 0.1) is 19.7 Å². The number of nitrogens with zero attached hydrogens (tertiary/aromatic N) is 1. The summed E-state index contributed by atoms with van der Waals surface area (Å²) in [5.41, 5.74) is 3.44. The predicted molar refractivity (Wildman–Crippen MR) is 125 cm³/mol. The van der Waals surface area contributed by atoms with Crippen LogP contribution in [0.1, 0.15) is 49.2 Å². The van der Waals surface area contributed by atoms with Crippen LogP contribution in [0.5, 0.6) is 0 Å². The molecule has 0 aliphatic carbocycles. The molecule has 1 aliphatic rings. The van der Waals surface area contributed by atoms with Gasteiger partial charge in [0.05, 0.1) is 29.7 Å². The lowest BCUT2D eigenvalue weighted by molar-refractivity contribution is 0.0600. The van der Waals surface area contributed by atoms with Crippen LogP contribution in [0.25, 0.3) is 11.0 Å². The van der Waals surface area contributed by atoms with Gasteiger partial charge in [-0.15, -0.1) is 0 Å². The van der Waals surface area contributed by atoms with E-state index in [-0.39, 0.29) is 16.8 Å². The zero-order valence-electron chi connectivity index (χ0n) is 18.7. The van der Waals surface area contributed by atoms with Crippen LogP contribution < -0.4 is 10.3 Å². The second-order valence-corrected chi connectivity index (χ2v) is 8.27. The largest absolute Gasteiger partial charge is 0.465 e. The maximum absolute atomic E-state index is 13.7. The number of ether oxygens (including phenoxy) is 1. The van der Waals surface area contributed by atoms with Crippen molar-refractivity contribution in [3.8, 4) is 0 Å². The minimum Gasteiger partial charge on any atom is -0.465 e. The number of methoxy groups -OCH3 is 1. The van der Waals surface area contributed by atoms with Gasteiger partial charge in [0.1, 0.15) is 11.4 Å². The Morgan fingerprint density at radius 2 is 1.62 bits per heavy atom. The number of fused-ring (bicyclic) bond motifs is 2. The minimum atomic E-state index is -0.818. The van der Waals surface area contributed by atoms with Gasteiger partial charge in [0, 0.05) is 5.69 Å². The standard InChI is InChI=1S/C27H20FNO5/c1-14-12-20-21(13-15(14)2)34-25-22(24(20)30)23(16-4-6-17(7-5-16)27(32)33-3)29(26(25)31)19-10-8-18(28)9-11-19/h4-13,23H,1-3H3. The number of carbonyl (C=O) groups is 2. The van der Waals surface area contributed by atoms with Gasteiger partial charge in [-0.3, -0.25) is 14.5 Å². The molecule has 4 aromatic rings. The summed E-state index contributed by atoms with van der Waals surface area (Å²) < 4.78 is 24.4. The molecular formula is C27H20FNO5. The highest BCUT2D eigenvalue weighted by atomic mass is 19.1. The first-order valence-corrected chi connectivity index (χ1v) is 10.7. The van der Waals surface area contributed by atoms with E-state index in [4.69, 9.17) is 9.15 Å². The van der Waals surface area contributed by atoms with Gasteiger partial charge in [0.25, 0.3) is 5.91 Å². The zero-order valence-corrected chi connectivity index (χ0v) is 18.7. The van der Waals surface area contributed by atoms with Crippen LogP contribution >= 0.6 is 0 Å². The van der Waals surface area contributed by atoms with E-state index in [0.717, 1.165) is 11.1 Å². The van der Waals surface area contributed by atoms with Crippen molar-refractivity contribution in [2.45, 2.75) is 19.9 Å². The molecule has 0 N–H and O–H groups in total. The van der Waals surface area contributed by atoms with Gasteiger partial charge in [-0.1, -0.05) is 12.1 Å². The zero-order chi connectivity index (χ0) is 24.1. The van der Waals surface area contributed by atoms with E-state index in [1.807, 2.05) is 13.8 Å². The molecule has 1 amide bonds.